The molecular weight excluding hydrogens is 385 g/mol. The average Bonchev–Trinajstić information content (AvgIpc) is 3.06. The monoisotopic (exact) mass is 411 g/mol. The van der Waals surface area contributed by atoms with E-state index in [4.69, 9.17) is 5.73 Å². The number of benzene rings is 1. The predicted octanol–water partition coefficient (Wildman–Crippen LogP) is 1.01. The van der Waals surface area contributed by atoms with Crippen molar-refractivity contribution in [2.24, 2.45) is 11.7 Å². The van der Waals surface area contributed by atoms with Crippen LogP contribution in [0.2, 0.25) is 0 Å². The van der Waals surface area contributed by atoms with Gasteiger partial charge in [-0.1, -0.05) is 12.1 Å². The molecule has 3 aliphatic heterocycles. The number of carbonyl (C=O) groups is 2. The molecule has 8 heteroatoms. The summed E-state index contributed by atoms with van der Waals surface area (Å²) in [6.45, 7) is 2.90. The van der Waals surface area contributed by atoms with Crippen LogP contribution in [-0.2, 0) is 9.59 Å². The van der Waals surface area contributed by atoms with Crippen LogP contribution >= 0.6 is 0 Å². The van der Waals surface area contributed by atoms with E-state index in [1.165, 1.54) is 12.1 Å². The zero-order chi connectivity index (χ0) is 21.2. The van der Waals surface area contributed by atoms with Gasteiger partial charge in [0.2, 0.25) is 11.8 Å². The third kappa shape index (κ3) is 2.99. The van der Waals surface area contributed by atoms with Crippen molar-refractivity contribution in [1.82, 2.24) is 14.7 Å². The van der Waals surface area contributed by atoms with E-state index in [0.717, 1.165) is 18.4 Å². The van der Waals surface area contributed by atoms with Gasteiger partial charge in [-0.05, 0) is 49.8 Å². The second-order valence-corrected chi connectivity index (χ2v) is 9.13. The summed E-state index contributed by atoms with van der Waals surface area (Å²) < 4.78 is 13.6. The first-order valence-electron chi connectivity index (χ1n) is 10.7. The number of halogens is 1. The lowest BCUT2D eigenvalue weighted by atomic mass is 10.1. The van der Waals surface area contributed by atoms with Crippen LogP contribution in [0.15, 0.2) is 24.3 Å². The van der Waals surface area contributed by atoms with Crippen molar-refractivity contribution in [2.45, 2.75) is 62.4 Å². The van der Waals surface area contributed by atoms with Crippen molar-refractivity contribution in [3.05, 3.63) is 35.6 Å². The zero-order valence-corrected chi connectivity index (χ0v) is 16.9. The molecule has 1 aliphatic carbocycles. The highest BCUT2D eigenvalue weighted by molar-refractivity contribution is 5.87. The number of nitrogens with zero attached hydrogens (tertiary/aromatic N) is 4. The van der Waals surface area contributed by atoms with Gasteiger partial charge in [-0.25, -0.2) is 4.39 Å². The zero-order valence-electron chi connectivity index (χ0n) is 16.9. The highest BCUT2D eigenvalue weighted by Crippen LogP contribution is 2.48. The number of carbonyl (C=O) groups excluding carboxylic acids is 2. The Morgan fingerprint density at radius 3 is 2.87 bits per heavy atom. The largest absolute Gasteiger partial charge is 0.330 e. The Morgan fingerprint density at radius 2 is 2.17 bits per heavy atom. The van der Waals surface area contributed by atoms with Crippen LogP contribution in [0, 0.1) is 23.1 Å². The maximum absolute atomic E-state index is 13.6. The number of nitrogens with two attached hydrogens (primary N) is 1. The Hall–Kier alpha value is -2.50. The van der Waals surface area contributed by atoms with Gasteiger partial charge in [0, 0.05) is 25.2 Å². The van der Waals surface area contributed by atoms with Crippen LogP contribution in [-0.4, -0.2) is 69.8 Å². The molecule has 3 heterocycles. The molecule has 158 valence electrons. The summed E-state index contributed by atoms with van der Waals surface area (Å²) in [5.74, 6) is -0.0152. The molecule has 2 bridgehead atoms. The van der Waals surface area contributed by atoms with Crippen LogP contribution < -0.4 is 5.73 Å². The van der Waals surface area contributed by atoms with E-state index in [1.54, 1.807) is 11.0 Å². The molecule has 4 aliphatic rings. The summed E-state index contributed by atoms with van der Waals surface area (Å²) >= 11 is 0. The molecule has 0 aromatic heterocycles. The van der Waals surface area contributed by atoms with Crippen molar-refractivity contribution in [3.63, 3.8) is 0 Å². The molecule has 2 unspecified atom stereocenters. The fourth-order valence-electron chi connectivity index (χ4n) is 5.74. The lowest BCUT2D eigenvalue weighted by Crippen LogP contribution is -2.57. The summed E-state index contributed by atoms with van der Waals surface area (Å²) in [6, 6.07) is 7.22. The number of fused-ring (bicyclic) bond motifs is 3. The fourth-order valence-corrected chi connectivity index (χ4v) is 5.74. The molecule has 1 saturated carbocycles. The maximum atomic E-state index is 13.6. The van der Waals surface area contributed by atoms with Gasteiger partial charge in [0.15, 0.2) is 0 Å². The van der Waals surface area contributed by atoms with Crippen molar-refractivity contribution in [1.29, 1.82) is 5.26 Å². The molecule has 4 fully saturated rings. The first-order chi connectivity index (χ1) is 14.4. The molecule has 0 spiro atoms. The summed E-state index contributed by atoms with van der Waals surface area (Å²) in [4.78, 5) is 31.5. The summed E-state index contributed by atoms with van der Waals surface area (Å²) in [5.41, 5.74) is 7.03. The van der Waals surface area contributed by atoms with Crippen LogP contribution in [0.5, 0.6) is 0 Å². The normalized spacial score (nSPS) is 34.1. The molecule has 3 saturated heterocycles. The highest BCUT2D eigenvalue weighted by Gasteiger charge is 2.56. The Morgan fingerprint density at radius 1 is 1.37 bits per heavy atom. The number of rotatable bonds is 5. The van der Waals surface area contributed by atoms with Crippen molar-refractivity contribution < 1.29 is 14.0 Å². The molecule has 2 amide bonds. The van der Waals surface area contributed by atoms with Crippen LogP contribution in [0.3, 0.4) is 0 Å². The maximum Gasteiger partial charge on any atom is 0.242 e. The summed E-state index contributed by atoms with van der Waals surface area (Å²) in [7, 11) is 0. The van der Waals surface area contributed by atoms with E-state index in [0.29, 0.717) is 25.4 Å². The quantitative estimate of drug-likeness (QED) is 0.781. The summed E-state index contributed by atoms with van der Waals surface area (Å²) in [5, 5.41) is 9.33. The minimum atomic E-state index is -0.735. The number of piperidine rings is 1. The Kier molecular flexibility index (Phi) is 4.56. The van der Waals surface area contributed by atoms with Crippen molar-refractivity contribution in [3.8, 4) is 6.07 Å². The van der Waals surface area contributed by atoms with Gasteiger partial charge in [0.25, 0.3) is 0 Å². The number of hydrogen-bond acceptors (Lipinski definition) is 5. The van der Waals surface area contributed by atoms with Gasteiger partial charge in [0.1, 0.15) is 11.9 Å². The third-order valence-corrected chi connectivity index (χ3v) is 7.32. The molecule has 5 rings (SSSR count). The highest BCUT2D eigenvalue weighted by atomic mass is 19.1. The van der Waals surface area contributed by atoms with Crippen LogP contribution in [0.25, 0.3) is 0 Å². The number of nitriles is 1. The van der Waals surface area contributed by atoms with E-state index >= 15 is 0 Å². The van der Waals surface area contributed by atoms with Crippen molar-refractivity contribution in [2.75, 3.05) is 13.1 Å². The first-order valence-corrected chi connectivity index (χ1v) is 10.7. The van der Waals surface area contributed by atoms with E-state index in [-0.39, 0.29) is 47.8 Å². The van der Waals surface area contributed by atoms with Gasteiger partial charge in [0.05, 0.1) is 24.2 Å². The van der Waals surface area contributed by atoms with Crippen LogP contribution in [0.4, 0.5) is 4.39 Å². The lowest BCUT2D eigenvalue weighted by molar-refractivity contribution is -0.141. The van der Waals surface area contributed by atoms with Gasteiger partial charge in [-0.2, -0.15) is 5.26 Å². The van der Waals surface area contributed by atoms with Crippen LogP contribution in [0.1, 0.15) is 37.8 Å². The third-order valence-electron chi connectivity index (χ3n) is 7.32. The van der Waals surface area contributed by atoms with Gasteiger partial charge in [-0.3, -0.25) is 14.5 Å². The first kappa shape index (κ1) is 19.5. The van der Waals surface area contributed by atoms with E-state index in [2.05, 4.69) is 6.07 Å². The second kappa shape index (κ2) is 7.03. The minimum Gasteiger partial charge on any atom is -0.330 e. The Balaban J connectivity index is 1.24. The molecular formula is C22H26FN5O2. The number of likely N-dealkylation sites (tertiary alicyclic amines) is 3. The number of piperazine rings is 1. The Bertz CT molecular complexity index is 932. The predicted molar refractivity (Wildman–Crippen MR) is 106 cm³/mol. The number of amides is 2. The molecule has 7 atom stereocenters. The fraction of sp³-hybridized carbons (Fsp3) is 0.591. The van der Waals surface area contributed by atoms with Gasteiger partial charge in [-0.15, -0.1) is 0 Å². The van der Waals surface area contributed by atoms with E-state index in [9.17, 15) is 19.2 Å². The average molecular weight is 411 g/mol. The molecule has 1 aromatic carbocycles. The SMILES string of the molecule is C[C@@H](c1cccc(F)c1)N1C(=O)[C@H]2CC1CN2C[C@H](N)C(=O)N1C2C[C@H]2C[C@H]1C#N. The number of hydrogen-bond donors (Lipinski definition) is 1. The minimum absolute atomic E-state index is 0.0148. The molecule has 30 heavy (non-hydrogen) atoms. The Labute approximate surface area is 175 Å². The topological polar surface area (TPSA) is 93.7 Å². The summed E-state index contributed by atoms with van der Waals surface area (Å²) in [6.07, 6.45) is 2.42. The van der Waals surface area contributed by atoms with E-state index in [1.807, 2.05) is 22.8 Å². The standard InChI is InChI=1S/C22H26FN5O2/c1-12(13-3-2-4-15(23)5-13)27-17-8-20(22(27)30)26(10-17)11-18(25)21(29)28-16(9-24)6-14-7-19(14)28/h2-5,12,14,16-20H,6-8,10-11,25H2,1H3/t12-,14+,16-,17?,18-,19?,20+/m0/s1. The lowest BCUT2D eigenvalue weighted by Gasteiger charge is -2.38. The van der Waals surface area contributed by atoms with Crippen molar-refractivity contribution >= 4 is 11.8 Å². The van der Waals surface area contributed by atoms with E-state index < -0.39 is 6.04 Å². The smallest absolute Gasteiger partial charge is 0.242 e. The molecule has 7 nitrogen and oxygen atoms in total. The molecule has 1 aromatic rings. The van der Waals surface area contributed by atoms with Gasteiger partial charge < -0.3 is 15.5 Å². The molecule has 0 radical (unpaired) electrons. The molecule has 2 N–H and O–H groups in total. The second-order valence-electron chi connectivity index (χ2n) is 9.13. The van der Waals surface area contributed by atoms with Gasteiger partial charge >= 0.3 is 0 Å².